The maximum Gasteiger partial charge on any atom is 0.133 e. The molecule has 17 heavy (non-hydrogen) atoms. The molecule has 0 saturated carbocycles. The highest BCUT2D eigenvalue weighted by molar-refractivity contribution is 7.99. The lowest BCUT2D eigenvalue weighted by atomic mass is 10.2. The quantitative estimate of drug-likeness (QED) is 0.838. The molecule has 0 atom stereocenters. The highest BCUT2D eigenvalue weighted by Gasteiger charge is 2.18. The molecular weight excluding hydrogens is 234 g/mol. The molecule has 0 amide bonds. The lowest BCUT2D eigenvalue weighted by Crippen LogP contribution is -2.18. The number of aromatic nitrogens is 2. The van der Waals surface area contributed by atoms with Crippen LogP contribution in [0.25, 0.3) is 0 Å². The van der Waals surface area contributed by atoms with E-state index in [0.29, 0.717) is 5.25 Å². The van der Waals surface area contributed by atoms with Gasteiger partial charge in [0.15, 0.2) is 0 Å². The Kier molecular flexibility index (Phi) is 4.23. The van der Waals surface area contributed by atoms with Gasteiger partial charge in [-0.3, -0.25) is 0 Å². The second kappa shape index (κ2) is 5.69. The average Bonchev–Trinajstić information content (AvgIpc) is 2.34. The molecule has 4 nitrogen and oxygen atoms in total. The number of nitrogens with one attached hydrogen (secondary N) is 1. The van der Waals surface area contributed by atoms with Crippen LogP contribution < -0.4 is 5.32 Å². The summed E-state index contributed by atoms with van der Waals surface area (Å²) in [5.41, 5.74) is 1.15. The number of hydrogen-bond acceptors (Lipinski definition) is 5. The molecule has 1 fully saturated rings. The lowest BCUT2D eigenvalue weighted by molar-refractivity contribution is 0.1000. The summed E-state index contributed by atoms with van der Waals surface area (Å²) in [6.07, 6.45) is 2.23. The molecule has 2 rings (SSSR count). The first kappa shape index (κ1) is 12.6. The van der Waals surface area contributed by atoms with E-state index < -0.39 is 0 Å². The Morgan fingerprint density at radius 3 is 2.59 bits per heavy atom. The van der Waals surface area contributed by atoms with Crippen molar-refractivity contribution in [1.29, 1.82) is 0 Å². The van der Waals surface area contributed by atoms with Crippen LogP contribution in [0.15, 0.2) is 5.03 Å². The first-order chi connectivity index (χ1) is 8.20. The molecule has 1 aromatic heterocycles. The van der Waals surface area contributed by atoms with Gasteiger partial charge >= 0.3 is 0 Å². The van der Waals surface area contributed by atoms with E-state index >= 15 is 0 Å². The van der Waals surface area contributed by atoms with Gasteiger partial charge in [0, 0.05) is 31.1 Å². The molecule has 1 saturated heterocycles. The van der Waals surface area contributed by atoms with Crippen LogP contribution >= 0.6 is 11.8 Å². The van der Waals surface area contributed by atoms with Gasteiger partial charge in [-0.2, -0.15) is 0 Å². The molecule has 94 valence electrons. The predicted molar refractivity (Wildman–Crippen MR) is 70.8 cm³/mol. The maximum absolute atomic E-state index is 5.38. The first-order valence-electron chi connectivity index (χ1n) is 5.98. The second-order valence-corrected chi connectivity index (χ2v) is 5.52. The molecule has 0 radical (unpaired) electrons. The molecule has 1 aliphatic heterocycles. The summed E-state index contributed by atoms with van der Waals surface area (Å²) in [7, 11) is 1.90. The van der Waals surface area contributed by atoms with Gasteiger partial charge in [0.25, 0.3) is 0 Å². The van der Waals surface area contributed by atoms with Gasteiger partial charge in [-0.25, -0.2) is 9.97 Å². The summed E-state index contributed by atoms with van der Waals surface area (Å²) >= 11 is 1.86. The van der Waals surface area contributed by atoms with Gasteiger partial charge in [0.05, 0.1) is 0 Å². The number of rotatable bonds is 3. The fourth-order valence-electron chi connectivity index (χ4n) is 1.91. The van der Waals surface area contributed by atoms with Gasteiger partial charge in [-0.15, -0.1) is 11.8 Å². The summed E-state index contributed by atoms with van der Waals surface area (Å²) in [6.45, 7) is 5.76. The van der Waals surface area contributed by atoms with Crippen molar-refractivity contribution in [2.24, 2.45) is 0 Å². The van der Waals surface area contributed by atoms with E-state index in [4.69, 9.17) is 4.74 Å². The number of ether oxygens (including phenoxy) is 1. The minimum atomic E-state index is 0.626. The van der Waals surface area contributed by atoms with Crippen LogP contribution in [0, 0.1) is 13.8 Å². The van der Waals surface area contributed by atoms with E-state index in [1.54, 1.807) is 0 Å². The third-order valence-electron chi connectivity index (χ3n) is 2.90. The minimum absolute atomic E-state index is 0.626. The van der Waals surface area contributed by atoms with Crippen molar-refractivity contribution in [3.63, 3.8) is 0 Å². The Morgan fingerprint density at radius 1 is 1.24 bits per heavy atom. The molecule has 5 heteroatoms. The SMILES string of the molecule is CNc1nc(C)nc(SC2CCOCC2)c1C. The highest BCUT2D eigenvalue weighted by atomic mass is 32.2. The van der Waals surface area contributed by atoms with E-state index in [1.165, 1.54) is 0 Å². The number of anilines is 1. The van der Waals surface area contributed by atoms with E-state index in [0.717, 1.165) is 48.3 Å². The summed E-state index contributed by atoms with van der Waals surface area (Å²) in [6, 6.07) is 0. The van der Waals surface area contributed by atoms with Crippen molar-refractivity contribution in [1.82, 2.24) is 9.97 Å². The van der Waals surface area contributed by atoms with Crippen LogP contribution in [0.1, 0.15) is 24.2 Å². The van der Waals surface area contributed by atoms with Crippen LogP contribution in [0.2, 0.25) is 0 Å². The molecule has 0 aliphatic carbocycles. The molecular formula is C12H19N3OS. The number of hydrogen-bond donors (Lipinski definition) is 1. The van der Waals surface area contributed by atoms with Crippen LogP contribution in [0.5, 0.6) is 0 Å². The van der Waals surface area contributed by atoms with Gasteiger partial charge in [0.1, 0.15) is 16.7 Å². The van der Waals surface area contributed by atoms with Crippen molar-refractivity contribution in [3.05, 3.63) is 11.4 Å². The fraction of sp³-hybridized carbons (Fsp3) is 0.667. The Bertz CT molecular complexity index is 392. The molecule has 0 unspecified atom stereocenters. The number of thioether (sulfide) groups is 1. The summed E-state index contributed by atoms with van der Waals surface area (Å²) in [4.78, 5) is 8.93. The van der Waals surface area contributed by atoms with Gasteiger partial charge in [-0.1, -0.05) is 0 Å². The Morgan fingerprint density at radius 2 is 1.94 bits per heavy atom. The topological polar surface area (TPSA) is 47.0 Å². The lowest BCUT2D eigenvalue weighted by Gasteiger charge is -2.22. The largest absolute Gasteiger partial charge is 0.381 e. The molecule has 0 spiro atoms. The standard InChI is InChI=1S/C12H19N3OS/c1-8-11(13-3)14-9(2)15-12(8)17-10-4-6-16-7-5-10/h10H,4-7H2,1-3H3,(H,13,14,15). The van der Waals surface area contributed by atoms with Crippen LogP contribution in [0.3, 0.4) is 0 Å². The van der Waals surface area contributed by atoms with E-state index in [2.05, 4.69) is 22.2 Å². The molecule has 1 aromatic rings. The van der Waals surface area contributed by atoms with Crippen LogP contribution in [-0.4, -0.2) is 35.5 Å². The molecule has 0 aromatic carbocycles. The summed E-state index contributed by atoms with van der Waals surface area (Å²) in [5.74, 6) is 1.77. The van der Waals surface area contributed by atoms with Crippen molar-refractivity contribution >= 4 is 17.6 Å². The minimum Gasteiger partial charge on any atom is -0.381 e. The third kappa shape index (κ3) is 3.10. The number of aryl methyl sites for hydroxylation is 1. The molecule has 1 N–H and O–H groups in total. The van der Waals surface area contributed by atoms with E-state index in [1.807, 2.05) is 25.7 Å². The third-order valence-corrected chi connectivity index (χ3v) is 4.32. The molecule has 2 heterocycles. The van der Waals surface area contributed by atoms with Crippen LogP contribution in [-0.2, 0) is 4.74 Å². The van der Waals surface area contributed by atoms with Crippen molar-refractivity contribution in [3.8, 4) is 0 Å². The fourth-order valence-corrected chi connectivity index (χ4v) is 3.11. The van der Waals surface area contributed by atoms with Gasteiger partial charge in [-0.05, 0) is 26.7 Å². The first-order valence-corrected chi connectivity index (χ1v) is 6.86. The van der Waals surface area contributed by atoms with E-state index in [9.17, 15) is 0 Å². The second-order valence-electron chi connectivity index (χ2n) is 4.23. The smallest absolute Gasteiger partial charge is 0.133 e. The highest BCUT2D eigenvalue weighted by Crippen LogP contribution is 2.32. The van der Waals surface area contributed by atoms with E-state index in [-0.39, 0.29) is 0 Å². The Balaban J connectivity index is 2.16. The van der Waals surface area contributed by atoms with Gasteiger partial charge in [0.2, 0.25) is 0 Å². The monoisotopic (exact) mass is 253 g/mol. The number of nitrogens with zero attached hydrogens (tertiary/aromatic N) is 2. The zero-order chi connectivity index (χ0) is 12.3. The zero-order valence-electron chi connectivity index (χ0n) is 10.6. The summed E-state index contributed by atoms with van der Waals surface area (Å²) in [5, 5.41) is 4.86. The summed E-state index contributed by atoms with van der Waals surface area (Å²) < 4.78 is 5.38. The normalized spacial score (nSPS) is 17.1. The molecule has 0 bridgehead atoms. The average molecular weight is 253 g/mol. The Hall–Kier alpha value is -0.810. The zero-order valence-corrected chi connectivity index (χ0v) is 11.4. The molecule has 1 aliphatic rings. The van der Waals surface area contributed by atoms with Crippen molar-refractivity contribution < 1.29 is 4.74 Å². The Labute approximate surface area is 107 Å². The van der Waals surface area contributed by atoms with Crippen LogP contribution in [0.4, 0.5) is 5.82 Å². The predicted octanol–water partition coefficient (Wildman–Crippen LogP) is 2.41. The van der Waals surface area contributed by atoms with Gasteiger partial charge < -0.3 is 10.1 Å². The van der Waals surface area contributed by atoms with Crippen molar-refractivity contribution in [2.75, 3.05) is 25.6 Å². The van der Waals surface area contributed by atoms with Crippen molar-refractivity contribution in [2.45, 2.75) is 37.0 Å². The maximum atomic E-state index is 5.38.